The number of nitrogens with two attached hydrogens (primary N) is 1. The highest BCUT2D eigenvalue weighted by atomic mass is 15.1. The van der Waals surface area contributed by atoms with Crippen LogP contribution in [0, 0.1) is 5.41 Å². The van der Waals surface area contributed by atoms with Crippen molar-refractivity contribution in [3.8, 4) is 0 Å². The van der Waals surface area contributed by atoms with Gasteiger partial charge in [0, 0.05) is 11.6 Å². The number of aromatic nitrogens is 2. The molecule has 1 heterocycles. The molecule has 4 nitrogen and oxygen atoms in total. The van der Waals surface area contributed by atoms with Gasteiger partial charge in [0.2, 0.25) is 0 Å². The van der Waals surface area contributed by atoms with Crippen LogP contribution in [0.5, 0.6) is 0 Å². The van der Waals surface area contributed by atoms with Gasteiger partial charge in [0.25, 0.3) is 0 Å². The van der Waals surface area contributed by atoms with Crippen molar-refractivity contribution in [3.63, 3.8) is 0 Å². The third kappa shape index (κ3) is 1.96. The van der Waals surface area contributed by atoms with E-state index in [0.29, 0.717) is 23.2 Å². The molecule has 0 bridgehead atoms. The maximum absolute atomic E-state index is 5.89. The third-order valence-electron chi connectivity index (χ3n) is 3.32. The van der Waals surface area contributed by atoms with Gasteiger partial charge < -0.3 is 11.1 Å². The van der Waals surface area contributed by atoms with Gasteiger partial charge >= 0.3 is 0 Å². The largest absolute Gasteiger partial charge is 0.383 e. The Morgan fingerprint density at radius 2 is 2.06 bits per heavy atom. The standard InChI is InChI=1S/C12H20N4/c1-7(2)9-10(13)14-6-15-11(9)16-8-5-12(8,3)4/h6-8H,5H2,1-4H3,(H3,13,14,15,16). The maximum Gasteiger partial charge on any atom is 0.135 e. The van der Waals surface area contributed by atoms with Crippen molar-refractivity contribution in [1.29, 1.82) is 0 Å². The van der Waals surface area contributed by atoms with Gasteiger partial charge in [0.1, 0.15) is 18.0 Å². The van der Waals surface area contributed by atoms with Crippen LogP contribution in [-0.4, -0.2) is 16.0 Å². The van der Waals surface area contributed by atoms with Crippen molar-refractivity contribution in [3.05, 3.63) is 11.9 Å². The van der Waals surface area contributed by atoms with Crippen LogP contribution in [0.15, 0.2) is 6.33 Å². The summed E-state index contributed by atoms with van der Waals surface area (Å²) < 4.78 is 0. The van der Waals surface area contributed by atoms with Gasteiger partial charge in [-0.3, -0.25) is 0 Å². The molecule has 88 valence electrons. The second-order valence-corrected chi connectivity index (χ2v) is 5.57. The summed E-state index contributed by atoms with van der Waals surface area (Å²) in [7, 11) is 0. The molecule has 1 saturated carbocycles. The molecule has 3 N–H and O–H groups in total. The summed E-state index contributed by atoms with van der Waals surface area (Å²) in [5, 5.41) is 3.47. The van der Waals surface area contributed by atoms with Gasteiger partial charge in [0.15, 0.2) is 0 Å². The molecule has 0 saturated heterocycles. The molecule has 1 fully saturated rings. The number of anilines is 2. The number of nitrogens with one attached hydrogen (secondary N) is 1. The molecule has 1 aliphatic carbocycles. The average molecular weight is 220 g/mol. The summed E-state index contributed by atoms with van der Waals surface area (Å²) in [4.78, 5) is 8.36. The molecule has 1 aromatic rings. The minimum atomic E-state index is 0.338. The van der Waals surface area contributed by atoms with E-state index in [2.05, 4.69) is 43.0 Å². The van der Waals surface area contributed by atoms with Crippen LogP contribution in [0.1, 0.15) is 45.6 Å². The molecule has 1 aliphatic rings. The summed E-state index contributed by atoms with van der Waals surface area (Å²) in [6.45, 7) is 8.73. The zero-order valence-corrected chi connectivity index (χ0v) is 10.4. The normalized spacial score (nSPS) is 22.2. The zero-order chi connectivity index (χ0) is 11.9. The topological polar surface area (TPSA) is 63.8 Å². The van der Waals surface area contributed by atoms with Crippen LogP contribution in [-0.2, 0) is 0 Å². The van der Waals surface area contributed by atoms with Crippen molar-refractivity contribution in [2.75, 3.05) is 11.1 Å². The maximum atomic E-state index is 5.89. The van der Waals surface area contributed by atoms with Gasteiger partial charge in [-0.1, -0.05) is 27.7 Å². The fourth-order valence-corrected chi connectivity index (χ4v) is 1.97. The van der Waals surface area contributed by atoms with E-state index >= 15 is 0 Å². The Morgan fingerprint density at radius 3 is 2.56 bits per heavy atom. The van der Waals surface area contributed by atoms with Crippen molar-refractivity contribution in [1.82, 2.24) is 9.97 Å². The molecular formula is C12H20N4. The van der Waals surface area contributed by atoms with Crippen LogP contribution in [0.4, 0.5) is 11.6 Å². The summed E-state index contributed by atoms with van der Waals surface area (Å²) in [6.07, 6.45) is 2.72. The van der Waals surface area contributed by atoms with Crippen LogP contribution >= 0.6 is 0 Å². The highest BCUT2D eigenvalue weighted by molar-refractivity contribution is 5.57. The quantitative estimate of drug-likeness (QED) is 0.821. The van der Waals surface area contributed by atoms with E-state index in [0.717, 1.165) is 11.4 Å². The Hall–Kier alpha value is -1.32. The fourth-order valence-electron chi connectivity index (χ4n) is 1.97. The van der Waals surface area contributed by atoms with Crippen molar-refractivity contribution < 1.29 is 0 Å². The molecule has 0 radical (unpaired) electrons. The Morgan fingerprint density at radius 1 is 1.44 bits per heavy atom. The summed E-state index contributed by atoms with van der Waals surface area (Å²) >= 11 is 0. The molecule has 1 aromatic heterocycles. The predicted octanol–water partition coefficient (Wildman–Crippen LogP) is 2.39. The highest BCUT2D eigenvalue weighted by Crippen LogP contribution is 2.47. The van der Waals surface area contributed by atoms with Crippen LogP contribution in [0.25, 0.3) is 0 Å². The van der Waals surface area contributed by atoms with E-state index in [1.165, 1.54) is 12.7 Å². The lowest BCUT2D eigenvalue weighted by atomic mass is 10.0. The van der Waals surface area contributed by atoms with E-state index in [9.17, 15) is 0 Å². The second kappa shape index (κ2) is 3.61. The van der Waals surface area contributed by atoms with Gasteiger partial charge in [0.05, 0.1) is 0 Å². The molecule has 16 heavy (non-hydrogen) atoms. The minimum Gasteiger partial charge on any atom is -0.383 e. The van der Waals surface area contributed by atoms with Crippen LogP contribution < -0.4 is 11.1 Å². The first-order chi connectivity index (χ1) is 7.42. The van der Waals surface area contributed by atoms with Gasteiger partial charge in [-0.25, -0.2) is 9.97 Å². The Kier molecular flexibility index (Phi) is 2.52. The minimum absolute atomic E-state index is 0.338. The summed E-state index contributed by atoms with van der Waals surface area (Å²) in [6, 6.07) is 0.513. The van der Waals surface area contributed by atoms with E-state index in [4.69, 9.17) is 5.73 Å². The van der Waals surface area contributed by atoms with Gasteiger partial charge in [-0.15, -0.1) is 0 Å². The first-order valence-corrected chi connectivity index (χ1v) is 5.78. The zero-order valence-electron chi connectivity index (χ0n) is 10.4. The molecule has 4 heteroatoms. The Balaban J connectivity index is 2.24. The van der Waals surface area contributed by atoms with Crippen molar-refractivity contribution >= 4 is 11.6 Å². The van der Waals surface area contributed by atoms with Crippen molar-refractivity contribution in [2.45, 2.75) is 46.1 Å². The first-order valence-electron chi connectivity index (χ1n) is 5.78. The Labute approximate surface area is 96.7 Å². The molecule has 0 aliphatic heterocycles. The lowest BCUT2D eigenvalue weighted by molar-refractivity contribution is 0.629. The average Bonchev–Trinajstić information content (AvgIpc) is 2.72. The number of rotatable bonds is 3. The number of nitrogens with zero attached hydrogens (tertiary/aromatic N) is 2. The SMILES string of the molecule is CC(C)c1c(N)ncnc1NC1CC1(C)C. The summed E-state index contributed by atoms with van der Waals surface area (Å²) in [5.41, 5.74) is 7.31. The van der Waals surface area contributed by atoms with Gasteiger partial charge in [-0.05, 0) is 17.8 Å². The predicted molar refractivity (Wildman–Crippen MR) is 66.3 cm³/mol. The summed E-state index contributed by atoms with van der Waals surface area (Å²) in [5.74, 6) is 1.83. The molecule has 0 spiro atoms. The van der Waals surface area contributed by atoms with E-state index < -0.39 is 0 Å². The van der Waals surface area contributed by atoms with Crippen LogP contribution in [0.2, 0.25) is 0 Å². The second-order valence-electron chi connectivity index (χ2n) is 5.57. The molecule has 1 atom stereocenters. The number of nitrogen functional groups attached to an aromatic ring is 1. The van der Waals surface area contributed by atoms with Crippen LogP contribution in [0.3, 0.4) is 0 Å². The number of hydrogen-bond donors (Lipinski definition) is 2. The first kappa shape index (κ1) is 11.2. The lowest BCUT2D eigenvalue weighted by Gasteiger charge is -2.15. The van der Waals surface area contributed by atoms with E-state index in [1.807, 2.05) is 0 Å². The van der Waals surface area contributed by atoms with E-state index in [-0.39, 0.29) is 0 Å². The third-order valence-corrected chi connectivity index (χ3v) is 3.32. The Bertz CT molecular complexity index is 398. The molecule has 0 aromatic carbocycles. The highest BCUT2D eigenvalue weighted by Gasteiger charge is 2.46. The molecule has 2 rings (SSSR count). The molecule has 1 unspecified atom stereocenters. The molecule has 0 amide bonds. The fraction of sp³-hybridized carbons (Fsp3) is 0.667. The smallest absolute Gasteiger partial charge is 0.135 e. The van der Waals surface area contributed by atoms with E-state index in [1.54, 1.807) is 0 Å². The van der Waals surface area contributed by atoms with Crippen molar-refractivity contribution in [2.24, 2.45) is 5.41 Å². The lowest BCUT2D eigenvalue weighted by Crippen LogP contribution is -2.14. The van der Waals surface area contributed by atoms with Gasteiger partial charge in [-0.2, -0.15) is 0 Å². The molecular weight excluding hydrogens is 200 g/mol. The monoisotopic (exact) mass is 220 g/mol. The number of hydrogen-bond acceptors (Lipinski definition) is 4.